The molecule has 0 saturated heterocycles. The first-order chi connectivity index (χ1) is 35.6. The number of hydrogen-bond acceptors (Lipinski definition) is 14. The molecule has 0 radical (unpaired) electrons. The van der Waals surface area contributed by atoms with E-state index in [1.165, 1.54) is 0 Å². The number of pyridine rings is 8. The van der Waals surface area contributed by atoms with E-state index in [2.05, 4.69) is 58.9 Å². The standard InChI is InChI=1S/C31H28N4O4.C27H20N4O2/c1-3-9-37-25-13-21-7-8-23-15-27(19-35-31(23)30(21)33-17-25)39-11-4-10-38-26-14-22-6-5-20-12-24(36-2)16-32-28(20)29(22)34-18-26;1-4-18-6-8-20-14-22(16-30-26(20)24(18)28-10-1)32-12-3-13-33-23-15-21-9-7-19-5-2-11-29-25(19)27(21)31-17-23/h5-8,12-19H,3-4,9-11H2,1-2H3;1-2,4-11,14-17H,3,12-13H2. The molecule has 12 rings (SSSR count). The van der Waals surface area contributed by atoms with Gasteiger partial charge in [-0.3, -0.25) is 39.9 Å². The fourth-order valence-corrected chi connectivity index (χ4v) is 8.54. The summed E-state index contributed by atoms with van der Waals surface area (Å²) < 4.78 is 34.7. The van der Waals surface area contributed by atoms with Gasteiger partial charge < -0.3 is 28.4 Å². The minimum absolute atomic E-state index is 0.508. The van der Waals surface area contributed by atoms with Gasteiger partial charge in [-0.2, -0.15) is 0 Å². The Hall–Kier alpha value is -9.04. The van der Waals surface area contributed by atoms with E-state index < -0.39 is 0 Å². The van der Waals surface area contributed by atoms with Gasteiger partial charge in [-0.1, -0.05) is 67.6 Å². The van der Waals surface area contributed by atoms with Gasteiger partial charge >= 0.3 is 0 Å². The summed E-state index contributed by atoms with van der Waals surface area (Å²) in [4.78, 5) is 36.4. The molecule has 0 aliphatic carbocycles. The predicted octanol–water partition coefficient (Wildman–Crippen LogP) is 12.3. The molecule has 72 heavy (non-hydrogen) atoms. The summed E-state index contributed by atoms with van der Waals surface area (Å²) >= 11 is 0. The quantitative estimate of drug-likeness (QED) is 0.0665. The van der Waals surface area contributed by atoms with Crippen LogP contribution in [-0.4, -0.2) is 80.0 Å². The van der Waals surface area contributed by atoms with E-state index in [1.807, 2.05) is 97.1 Å². The van der Waals surface area contributed by atoms with E-state index in [9.17, 15) is 0 Å². The third-order valence-corrected chi connectivity index (χ3v) is 12.1. The topological polar surface area (TPSA) is 158 Å². The van der Waals surface area contributed by atoms with Crippen LogP contribution in [0.1, 0.15) is 26.2 Å². The molecule has 8 aromatic heterocycles. The SMILES string of the molecule is CCCOc1cnc2c(ccc3cc(OCCCOc4cnc5c(ccc6cc(OC)cnc65)c4)cnc32)c1.c1cnc2c(c1)ccc1cc(OCCCOc3cnc4c(ccc5cccnc54)c3)cnc12. The van der Waals surface area contributed by atoms with Crippen molar-refractivity contribution in [2.24, 2.45) is 0 Å². The smallest absolute Gasteiger partial charge is 0.138 e. The summed E-state index contributed by atoms with van der Waals surface area (Å²) in [5, 5.41) is 8.13. The molecular formula is C58H48N8O6. The van der Waals surface area contributed by atoms with Gasteiger partial charge in [0.1, 0.15) is 34.5 Å². The van der Waals surface area contributed by atoms with Gasteiger partial charge in [0.05, 0.1) is 121 Å². The van der Waals surface area contributed by atoms with Gasteiger partial charge in [-0.25, -0.2) is 0 Å². The summed E-state index contributed by atoms with van der Waals surface area (Å²) in [6.07, 6.45) is 16.4. The minimum atomic E-state index is 0.508. The zero-order chi connectivity index (χ0) is 48.6. The fourth-order valence-electron chi connectivity index (χ4n) is 8.54. The van der Waals surface area contributed by atoms with Crippen LogP contribution in [-0.2, 0) is 0 Å². The molecule has 0 aliphatic rings. The van der Waals surface area contributed by atoms with Crippen LogP contribution in [0.25, 0.3) is 87.2 Å². The average Bonchev–Trinajstić information content (AvgIpc) is 3.43. The number of aromatic nitrogens is 8. The average molecular weight is 953 g/mol. The molecule has 0 N–H and O–H groups in total. The fraction of sp³-hybridized carbons (Fsp3) is 0.172. The van der Waals surface area contributed by atoms with Gasteiger partial charge in [-0.05, 0) is 55.0 Å². The summed E-state index contributed by atoms with van der Waals surface area (Å²) in [6, 6.07) is 36.2. The Kier molecular flexibility index (Phi) is 13.2. The second-order valence-corrected chi connectivity index (χ2v) is 17.0. The molecule has 356 valence electrons. The van der Waals surface area contributed by atoms with Crippen LogP contribution in [0.2, 0.25) is 0 Å². The molecule has 14 heteroatoms. The first-order valence-corrected chi connectivity index (χ1v) is 23.9. The van der Waals surface area contributed by atoms with Crippen molar-refractivity contribution in [3.8, 4) is 34.5 Å². The number of rotatable bonds is 16. The van der Waals surface area contributed by atoms with Crippen molar-refractivity contribution >= 4 is 87.2 Å². The zero-order valence-electron chi connectivity index (χ0n) is 39.7. The van der Waals surface area contributed by atoms with Gasteiger partial charge in [0.25, 0.3) is 0 Å². The molecular weight excluding hydrogens is 905 g/mol. The molecule has 0 spiro atoms. The number of benzene rings is 4. The summed E-state index contributed by atoms with van der Waals surface area (Å²) in [5.41, 5.74) is 6.95. The Labute approximate surface area is 413 Å². The number of hydrogen-bond donors (Lipinski definition) is 0. The lowest BCUT2D eigenvalue weighted by Gasteiger charge is -2.10. The highest BCUT2D eigenvalue weighted by atomic mass is 16.5. The highest BCUT2D eigenvalue weighted by Crippen LogP contribution is 2.31. The van der Waals surface area contributed by atoms with Crippen molar-refractivity contribution in [3.05, 3.63) is 159 Å². The molecule has 0 saturated carbocycles. The van der Waals surface area contributed by atoms with Crippen molar-refractivity contribution in [2.75, 3.05) is 40.1 Å². The molecule has 0 unspecified atom stereocenters. The lowest BCUT2D eigenvalue weighted by Crippen LogP contribution is -2.05. The molecule has 12 aromatic rings. The second kappa shape index (κ2) is 20.9. The maximum absolute atomic E-state index is 5.95. The molecule has 0 aliphatic heterocycles. The number of methoxy groups -OCH3 is 1. The summed E-state index contributed by atoms with van der Waals surface area (Å²) in [7, 11) is 1.63. The molecule has 4 aromatic carbocycles. The Morgan fingerprint density at radius 3 is 0.875 bits per heavy atom. The highest BCUT2D eigenvalue weighted by molar-refractivity contribution is 6.05. The van der Waals surface area contributed by atoms with Crippen LogP contribution in [0.15, 0.2) is 159 Å². The van der Waals surface area contributed by atoms with E-state index in [0.29, 0.717) is 44.5 Å². The van der Waals surface area contributed by atoms with Gasteiger partial charge in [-0.15, -0.1) is 0 Å². The first kappa shape index (κ1) is 45.4. The lowest BCUT2D eigenvalue weighted by molar-refractivity contribution is 0.246. The van der Waals surface area contributed by atoms with Crippen molar-refractivity contribution < 1.29 is 28.4 Å². The van der Waals surface area contributed by atoms with Crippen molar-refractivity contribution in [1.82, 2.24) is 39.9 Å². The molecule has 0 bridgehead atoms. The Morgan fingerprint density at radius 1 is 0.306 bits per heavy atom. The number of fused-ring (bicyclic) bond motifs is 12. The van der Waals surface area contributed by atoms with E-state index in [-0.39, 0.29) is 0 Å². The lowest BCUT2D eigenvalue weighted by atomic mass is 10.1. The van der Waals surface area contributed by atoms with Crippen LogP contribution in [0.5, 0.6) is 34.5 Å². The van der Waals surface area contributed by atoms with Gasteiger partial charge in [0.15, 0.2) is 0 Å². The molecule has 0 amide bonds. The predicted molar refractivity (Wildman–Crippen MR) is 282 cm³/mol. The van der Waals surface area contributed by atoms with Crippen molar-refractivity contribution in [1.29, 1.82) is 0 Å². The van der Waals surface area contributed by atoms with Crippen molar-refractivity contribution in [2.45, 2.75) is 26.2 Å². The van der Waals surface area contributed by atoms with E-state index >= 15 is 0 Å². The number of nitrogens with zero attached hydrogens (tertiary/aromatic N) is 8. The Bertz CT molecular complexity index is 3790. The van der Waals surface area contributed by atoms with E-state index in [1.54, 1.807) is 56.7 Å². The van der Waals surface area contributed by atoms with Crippen LogP contribution in [0.3, 0.4) is 0 Å². The monoisotopic (exact) mass is 952 g/mol. The van der Waals surface area contributed by atoms with Crippen molar-refractivity contribution in [3.63, 3.8) is 0 Å². The Morgan fingerprint density at radius 2 is 0.569 bits per heavy atom. The first-order valence-electron chi connectivity index (χ1n) is 23.9. The molecule has 0 atom stereocenters. The maximum Gasteiger partial charge on any atom is 0.138 e. The highest BCUT2D eigenvalue weighted by Gasteiger charge is 2.11. The Balaban J connectivity index is 0.000000158. The third kappa shape index (κ3) is 9.88. The number of ether oxygens (including phenoxy) is 6. The second-order valence-electron chi connectivity index (χ2n) is 17.0. The van der Waals surface area contributed by atoms with Gasteiger partial charge in [0, 0.05) is 68.3 Å². The third-order valence-electron chi connectivity index (χ3n) is 12.1. The molecule has 0 fully saturated rings. The summed E-state index contributed by atoms with van der Waals surface area (Å²) in [5.74, 6) is 4.41. The largest absolute Gasteiger partial charge is 0.495 e. The van der Waals surface area contributed by atoms with Crippen LogP contribution in [0.4, 0.5) is 0 Å². The zero-order valence-corrected chi connectivity index (χ0v) is 39.7. The normalized spacial score (nSPS) is 11.4. The molecule has 8 heterocycles. The molecule has 14 nitrogen and oxygen atoms in total. The van der Waals surface area contributed by atoms with Crippen LogP contribution in [0, 0.1) is 0 Å². The van der Waals surface area contributed by atoms with E-state index in [4.69, 9.17) is 28.4 Å². The minimum Gasteiger partial charge on any atom is -0.495 e. The summed E-state index contributed by atoms with van der Waals surface area (Å²) in [6.45, 7) is 4.85. The van der Waals surface area contributed by atoms with Crippen LogP contribution >= 0.6 is 0 Å². The van der Waals surface area contributed by atoms with Crippen LogP contribution < -0.4 is 28.4 Å². The van der Waals surface area contributed by atoms with Gasteiger partial charge in [0.2, 0.25) is 0 Å². The van der Waals surface area contributed by atoms with E-state index in [0.717, 1.165) is 129 Å². The maximum atomic E-state index is 5.95.